The Hall–Kier alpha value is -2.80. The summed E-state index contributed by atoms with van der Waals surface area (Å²) in [5.41, 5.74) is 1.91. The van der Waals surface area contributed by atoms with Crippen LogP contribution in [0.1, 0.15) is 26.7 Å². The van der Waals surface area contributed by atoms with Gasteiger partial charge in [-0.05, 0) is 51.0 Å². The van der Waals surface area contributed by atoms with Gasteiger partial charge in [-0.2, -0.15) is 0 Å². The summed E-state index contributed by atoms with van der Waals surface area (Å²) in [5, 5.41) is 9.57. The van der Waals surface area contributed by atoms with Crippen LogP contribution in [0.2, 0.25) is 0 Å². The highest BCUT2D eigenvalue weighted by Crippen LogP contribution is 2.31. The van der Waals surface area contributed by atoms with E-state index in [0.717, 1.165) is 42.2 Å². The Labute approximate surface area is 181 Å². The molecule has 4 rings (SSSR count). The van der Waals surface area contributed by atoms with E-state index in [2.05, 4.69) is 10.2 Å². The fourth-order valence-corrected chi connectivity index (χ4v) is 4.30. The van der Waals surface area contributed by atoms with Crippen LogP contribution in [0.15, 0.2) is 59.8 Å². The molecule has 1 heterocycles. The van der Waals surface area contributed by atoms with Crippen LogP contribution in [-0.4, -0.2) is 50.5 Å². The number of aromatic nitrogens is 3. The van der Waals surface area contributed by atoms with E-state index < -0.39 is 0 Å². The summed E-state index contributed by atoms with van der Waals surface area (Å²) in [6, 6.07) is 18.3. The molecule has 1 fully saturated rings. The lowest BCUT2D eigenvalue weighted by Gasteiger charge is -2.20. The molecular formula is C23H26N4O2S. The third-order valence-electron chi connectivity index (χ3n) is 5.04. The molecule has 1 aliphatic rings. The van der Waals surface area contributed by atoms with E-state index >= 15 is 0 Å². The SMILES string of the molecule is CCOc1ccc(-n2c(SCC(=O)N(CC)C3CC3)nnc2-c2ccccc2)cc1. The van der Waals surface area contributed by atoms with Crippen LogP contribution in [0.25, 0.3) is 17.1 Å². The number of rotatable bonds is 9. The Balaban J connectivity index is 1.63. The zero-order valence-corrected chi connectivity index (χ0v) is 18.1. The number of carbonyl (C=O) groups excluding carboxylic acids is 1. The molecule has 0 aliphatic heterocycles. The monoisotopic (exact) mass is 422 g/mol. The molecule has 2 aromatic carbocycles. The number of hydrogen-bond donors (Lipinski definition) is 0. The minimum absolute atomic E-state index is 0.160. The Kier molecular flexibility index (Phi) is 6.38. The first-order valence-corrected chi connectivity index (χ1v) is 11.4. The van der Waals surface area contributed by atoms with Crippen molar-refractivity contribution in [3.8, 4) is 22.8 Å². The van der Waals surface area contributed by atoms with E-state index in [0.29, 0.717) is 23.6 Å². The van der Waals surface area contributed by atoms with Crippen LogP contribution in [0, 0.1) is 0 Å². The predicted molar refractivity (Wildman–Crippen MR) is 119 cm³/mol. The number of benzene rings is 2. The minimum Gasteiger partial charge on any atom is -0.494 e. The number of thioether (sulfide) groups is 1. The van der Waals surface area contributed by atoms with Gasteiger partial charge >= 0.3 is 0 Å². The highest BCUT2D eigenvalue weighted by Gasteiger charge is 2.31. The van der Waals surface area contributed by atoms with Gasteiger partial charge in [0.1, 0.15) is 5.75 Å². The number of carbonyl (C=O) groups is 1. The molecule has 0 atom stereocenters. The summed E-state index contributed by atoms with van der Waals surface area (Å²) in [4.78, 5) is 14.7. The first kappa shape index (κ1) is 20.5. The summed E-state index contributed by atoms with van der Waals surface area (Å²) < 4.78 is 7.58. The molecule has 0 N–H and O–H groups in total. The molecular weight excluding hydrogens is 396 g/mol. The van der Waals surface area contributed by atoms with Gasteiger partial charge in [0.15, 0.2) is 11.0 Å². The summed E-state index contributed by atoms with van der Waals surface area (Å²) in [6.45, 7) is 5.38. The van der Waals surface area contributed by atoms with Crippen LogP contribution >= 0.6 is 11.8 Å². The van der Waals surface area contributed by atoms with E-state index in [4.69, 9.17) is 4.74 Å². The molecule has 3 aromatic rings. The molecule has 0 saturated heterocycles. The lowest BCUT2D eigenvalue weighted by molar-refractivity contribution is -0.128. The lowest BCUT2D eigenvalue weighted by atomic mass is 10.2. The van der Waals surface area contributed by atoms with Gasteiger partial charge < -0.3 is 9.64 Å². The second-order valence-electron chi connectivity index (χ2n) is 7.13. The van der Waals surface area contributed by atoms with Crippen LogP contribution in [0.4, 0.5) is 0 Å². The van der Waals surface area contributed by atoms with Crippen molar-refractivity contribution < 1.29 is 9.53 Å². The fraction of sp³-hybridized carbons (Fsp3) is 0.348. The van der Waals surface area contributed by atoms with Gasteiger partial charge in [0.2, 0.25) is 5.91 Å². The standard InChI is InChI=1S/C23H26N4O2S/c1-3-26(18-10-11-18)21(28)16-30-23-25-24-22(17-8-6-5-7-9-17)27(23)19-12-14-20(15-13-19)29-4-2/h5-9,12-15,18H,3-4,10-11,16H2,1-2H3. The quantitative estimate of drug-likeness (QED) is 0.477. The van der Waals surface area contributed by atoms with Gasteiger partial charge in [0.05, 0.1) is 12.4 Å². The first-order valence-electron chi connectivity index (χ1n) is 10.4. The van der Waals surface area contributed by atoms with Gasteiger partial charge in [-0.3, -0.25) is 9.36 Å². The van der Waals surface area contributed by atoms with Gasteiger partial charge in [-0.15, -0.1) is 10.2 Å². The average Bonchev–Trinajstić information content (AvgIpc) is 3.52. The molecule has 0 radical (unpaired) electrons. The molecule has 1 aliphatic carbocycles. The van der Waals surface area contributed by atoms with Crippen molar-refractivity contribution in [1.82, 2.24) is 19.7 Å². The first-order chi connectivity index (χ1) is 14.7. The van der Waals surface area contributed by atoms with Crippen molar-refractivity contribution >= 4 is 17.7 Å². The average molecular weight is 423 g/mol. The molecule has 0 unspecified atom stereocenters. The number of amides is 1. The summed E-state index contributed by atoms with van der Waals surface area (Å²) in [5.74, 6) is 2.09. The maximum Gasteiger partial charge on any atom is 0.233 e. The highest BCUT2D eigenvalue weighted by molar-refractivity contribution is 7.99. The molecule has 1 saturated carbocycles. The van der Waals surface area contributed by atoms with E-state index in [-0.39, 0.29) is 5.91 Å². The molecule has 6 nitrogen and oxygen atoms in total. The van der Waals surface area contributed by atoms with Gasteiger partial charge in [0.25, 0.3) is 0 Å². The predicted octanol–water partition coefficient (Wildman–Crippen LogP) is 4.44. The van der Waals surface area contributed by atoms with E-state index in [1.54, 1.807) is 0 Å². The van der Waals surface area contributed by atoms with Crippen LogP contribution in [-0.2, 0) is 4.79 Å². The largest absolute Gasteiger partial charge is 0.494 e. The second-order valence-corrected chi connectivity index (χ2v) is 8.08. The minimum atomic E-state index is 0.160. The Bertz CT molecular complexity index is 984. The molecule has 0 spiro atoms. The summed E-state index contributed by atoms with van der Waals surface area (Å²) >= 11 is 1.44. The maximum absolute atomic E-state index is 12.7. The Morgan fingerprint density at radius 3 is 2.47 bits per heavy atom. The van der Waals surface area contributed by atoms with Crippen molar-refractivity contribution in [2.75, 3.05) is 18.9 Å². The topological polar surface area (TPSA) is 60.2 Å². The molecule has 7 heteroatoms. The van der Waals surface area contributed by atoms with Crippen molar-refractivity contribution in [1.29, 1.82) is 0 Å². The van der Waals surface area contributed by atoms with Crippen LogP contribution in [0.3, 0.4) is 0 Å². The molecule has 1 aromatic heterocycles. The van der Waals surface area contributed by atoms with Crippen molar-refractivity contribution in [3.05, 3.63) is 54.6 Å². The third kappa shape index (κ3) is 4.51. The van der Waals surface area contributed by atoms with Crippen LogP contribution < -0.4 is 4.74 Å². The Morgan fingerprint density at radius 2 is 1.83 bits per heavy atom. The molecule has 30 heavy (non-hydrogen) atoms. The second kappa shape index (κ2) is 9.34. The smallest absolute Gasteiger partial charge is 0.233 e. The number of hydrogen-bond acceptors (Lipinski definition) is 5. The Morgan fingerprint density at radius 1 is 1.10 bits per heavy atom. The highest BCUT2D eigenvalue weighted by atomic mass is 32.2. The summed E-state index contributed by atoms with van der Waals surface area (Å²) in [7, 11) is 0. The van der Waals surface area contributed by atoms with E-state index in [1.807, 2.05) is 77.9 Å². The van der Waals surface area contributed by atoms with Crippen molar-refractivity contribution in [2.45, 2.75) is 37.9 Å². The normalized spacial score (nSPS) is 13.3. The third-order valence-corrected chi connectivity index (χ3v) is 5.96. The molecule has 0 bridgehead atoms. The summed E-state index contributed by atoms with van der Waals surface area (Å²) in [6.07, 6.45) is 2.23. The van der Waals surface area contributed by atoms with E-state index in [9.17, 15) is 4.79 Å². The van der Waals surface area contributed by atoms with E-state index in [1.165, 1.54) is 11.8 Å². The van der Waals surface area contributed by atoms with Gasteiger partial charge in [0, 0.05) is 23.8 Å². The van der Waals surface area contributed by atoms with Crippen LogP contribution in [0.5, 0.6) is 5.75 Å². The van der Waals surface area contributed by atoms with Crippen molar-refractivity contribution in [2.24, 2.45) is 0 Å². The fourth-order valence-electron chi connectivity index (χ4n) is 3.46. The number of nitrogens with zero attached hydrogens (tertiary/aromatic N) is 4. The lowest BCUT2D eigenvalue weighted by Crippen LogP contribution is -2.34. The molecule has 156 valence electrons. The maximum atomic E-state index is 12.7. The number of ether oxygens (including phenoxy) is 1. The van der Waals surface area contributed by atoms with Crippen molar-refractivity contribution in [3.63, 3.8) is 0 Å². The van der Waals surface area contributed by atoms with Gasteiger partial charge in [-0.1, -0.05) is 42.1 Å². The zero-order valence-electron chi connectivity index (χ0n) is 17.3. The van der Waals surface area contributed by atoms with Gasteiger partial charge in [-0.25, -0.2) is 0 Å². The molecule has 1 amide bonds. The zero-order chi connectivity index (χ0) is 20.9.